The average molecular weight is 244 g/mol. The average Bonchev–Trinajstić information content (AvgIpc) is 2.33. The standard InChI is InChI=1S/C15H20N2O/c1-4-8-17(9-7-16)15(18)11-14-6-5-12(2)13(3)10-14/h5-6,10H,4,8-9,11H2,1-3H3. The van der Waals surface area contributed by atoms with Gasteiger partial charge in [0.2, 0.25) is 5.91 Å². The number of benzene rings is 1. The van der Waals surface area contributed by atoms with Crippen LogP contribution in [0.25, 0.3) is 0 Å². The highest BCUT2D eigenvalue weighted by Gasteiger charge is 2.12. The lowest BCUT2D eigenvalue weighted by Crippen LogP contribution is -2.33. The van der Waals surface area contributed by atoms with E-state index in [1.807, 2.05) is 38.1 Å². The number of rotatable bonds is 5. The molecule has 0 spiro atoms. The molecule has 0 bridgehead atoms. The summed E-state index contributed by atoms with van der Waals surface area (Å²) in [7, 11) is 0. The van der Waals surface area contributed by atoms with Crippen molar-refractivity contribution in [2.24, 2.45) is 0 Å². The van der Waals surface area contributed by atoms with Crippen LogP contribution in [0.15, 0.2) is 18.2 Å². The maximum atomic E-state index is 12.1. The van der Waals surface area contributed by atoms with Crippen molar-refractivity contribution in [2.75, 3.05) is 13.1 Å². The van der Waals surface area contributed by atoms with Crippen LogP contribution in [0.2, 0.25) is 0 Å². The van der Waals surface area contributed by atoms with Gasteiger partial charge in [-0.3, -0.25) is 4.79 Å². The van der Waals surface area contributed by atoms with Gasteiger partial charge >= 0.3 is 0 Å². The molecular weight excluding hydrogens is 224 g/mol. The van der Waals surface area contributed by atoms with Crippen LogP contribution in [0.3, 0.4) is 0 Å². The maximum absolute atomic E-state index is 12.1. The third-order valence-corrected chi connectivity index (χ3v) is 3.03. The Kier molecular flexibility index (Phi) is 5.38. The molecule has 0 saturated carbocycles. The van der Waals surface area contributed by atoms with Crippen LogP contribution < -0.4 is 0 Å². The van der Waals surface area contributed by atoms with E-state index in [0.29, 0.717) is 13.0 Å². The summed E-state index contributed by atoms with van der Waals surface area (Å²) in [5.41, 5.74) is 3.44. The minimum Gasteiger partial charge on any atom is -0.329 e. The second-order valence-corrected chi connectivity index (χ2v) is 4.57. The van der Waals surface area contributed by atoms with E-state index in [4.69, 9.17) is 5.26 Å². The van der Waals surface area contributed by atoms with Gasteiger partial charge in [0, 0.05) is 6.54 Å². The highest BCUT2D eigenvalue weighted by molar-refractivity contribution is 5.79. The molecule has 0 radical (unpaired) electrons. The van der Waals surface area contributed by atoms with E-state index in [0.717, 1.165) is 12.0 Å². The Morgan fingerprint density at radius 1 is 1.33 bits per heavy atom. The van der Waals surface area contributed by atoms with Crippen molar-refractivity contribution in [3.8, 4) is 6.07 Å². The lowest BCUT2D eigenvalue weighted by atomic mass is 10.0. The summed E-state index contributed by atoms with van der Waals surface area (Å²) in [4.78, 5) is 13.7. The van der Waals surface area contributed by atoms with Crippen LogP contribution in [-0.2, 0) is 11.2 Å². The zero-order valence-electron chi connectivity index (χ0n) is 11.4. The Hall–Kier alpha value is -1.82. The molecule has 1 aromatic carbocycles. The Morgan fingerprint density at radius 2 is 2.06 bits per heavy atom. The van der Waals surface area contributed by atoms with Gasteiger partial charge in [-0.1, -0.05) is 25.1 Å². The molecule has 1 amide bonds. The molecule has 3 heteroatoms. The lowest BCUT2D eigenvalue weighted by molar-refractivity contribution is -0.129. The number of amides is 1. The molecule has 3 nitrogen and oxygen atoms in total. The molecule has 1 aromatic rings. The SMILES string of the molecule is CCCN(CC#N)C(=O)Cc1ccc(C)c(C)c1. The second kappa shape index (κ2) is 6.80. The van der Waals surface area contributed by atoms with E-state index in [1.165, 1.54) is 11.1 Å². The quantitative estimate of drug-likeness (QED) is 0.747. The number of carbonyl (C=O) groups is 1. The number of aryl methyl sites for hydroxylation is 2. The summed E-state index contributed by atoms with van der Waals surface area (Å²) in [5, 5.41) is 8.71. The summed E-state index contributed by atoms with van der Waals surface area (Å²) in [6.07, 6.45) is 1.25. The Labute approximate surface area is 109 Å². The fourth-order valence-electron chi connectivity index (χ4n) is 1.85. The first kappa shape index (κ1) is 14.2. The minimum atomic E-state index is 0.0293. The van der Waals surface area contributed by atoms with Crippen LogP contribution in [0.1, 0.15) is 30.0 Å². The van der Waals surface area contributed by atoms with Gasteiger partial charge in [0.1, 0.15) is 6.54 Å². The van der Waals surface area contributed by atoms with Crippen molar-refractivity contribution in [3.63, 3.8) is 0 Å². The van der Waals surface area contributed by atoms with E-state index >= 15 is 0 Å². The monoisotopic (exact) mass is 244 g/mol. The van der Waals surface area contributed by atoms with Crippen LogP contribution in [0.4, 0.5) is 0 Å². The number of nitrogens with zero attached hydrogens (tertiary/aromatic N) is 2. The van der Waals surface area contributed by atoms with Gasteiger partial charge in [-0.05, 0) is 37.0 Å². The molecular formula is C15H20N2O. The van der Waals surface area contributed by atoms with Crippen LogP contribution in [-0.4, -0.2) is 23.9 Å². The Balaban J connectivity index is 2.73. The highest BCUT2D eigenvalue weighted by atomic mass is 16.2. The Bertz CT molecular complexity index is 460. The van der Waals surface area contributed by atoms with E-state index < -0.39 is 0 Å². The molecule has 1 rings (SSSR count). The molecule has 0 saturated heterocycles. The highest BCUT2D eigenvalue weighted by Crippen LogP contribution is 2.11. The molecule has 0 aromatic heterocycles. The lowest BCUT2D eigenvalue weighted by Gasteiger charge is -2.18. The summed E-state index contributed by atoms with van der Waals surface area (Å²) < 4.78 is 0. The minimum absolute atomic E-state index is 0.0293. The van der Waals surface area contributed by atoms with E-state index in [2.05, 4.69) is 6.92 Å². The van der Waals surface area contributed by atoms with Crippen molar-refractivity contribution in [1.82, 2.24) is 4.90 Å². The van der Waals surface area contributed by atoms with Gasteiger partial charge in [0.05, 0.1) is 12.5 Å². The van der Waals surface area contributed by atoms with Gasteiger partial charge in [-0.15, -0.1) is 0 Å². The summed E-state index contributed by atoms with van der Waals surface area (Å²) in [6.45, 7) is 6.94. The predicted octanol–water partition coefficient (Wildman–Crippen LogP) is 2.61. The van der Waals surface area contributed by atoms with Crippen molar-refractivity contribution in [3.05, 3.63) is 34.9 Å². The maximum Gasteiger partial charge on any atom is 0.227 e. The molecule has 0 unspecified atom stereocenters. The Morgan fingerprint density at radius 3 is 2.61 bits per heavy atom. The van der Waals surface area contributed by atoms with E-state index in [1.54, 1.807) is 4.90 Å². The first-order valence-electron chi connectivity index (χ1n) is 6.29. The fraction of sp³-hybridized carbons (Fsp3) is 0.467. The molecule has 0 aliphatic heterocycles. The molecule has 96 valence electrons. The normalized spacial score (nSPS) is 9.89. The van der Waals surface area contributed by atoms with Crippen LogP contribution in [0, 0.1) is 25.2 Å². The van der Waals surface area contributed by atoms with Crippen molar-refractivity contribution in [1.29, 1.82) is 5.26 Å². The molecule has 0 fully saturated rings. The molecule has 18 heavy (non-hydrogen) atoms. The molecule has 0 heterocycles. The fourth-order valence-corrected chi connectivity index (χ4v) is 1.85. The molecule has 0 atom stereocenters. The molecule has 0 aliphatic carbocycles. The number of nitriles is 1. The van der Waals surface area contributed by atoms with Crippen molar-refractivity contribution >= 4 is 5.91 Å². The van der Waals surface area contributed by atoms with E-state index in [-0.39, 0.29) is 12.5 Å². The smallest absolute Gasteiger partial charge is 0.227 e. The number of hydrogen-bond donors (Lipinski definition) is 0. The van der Waals surface area contributed by atoms with E-state index in [9.17, 15) is 4.79 Å². The van der Waals surface area contributed by atoms with Crippen LogP contribution in [0.5, 0.6) is 0 Å². The molecule has 0 aliphatic rings. The van der Waals surface area contributed by atoms with Gasteiger partial charge < -0.3 is 4.90 Å². The largest absolute Gasteiger partial charge is 0.329 e. The van der Waals surface area contributed by atoms with Crippen molar-refractivity contribution in [2.45, 2.75) is 33.6 Å². The predicted molar refractivity (Wildman–Crippen MR) is 72.1 cm³/mol. The molecule has 0 N–H and O–H groups in total. The van der Waals surface area contributed by atoms with Gasteiger partial charge in [-0.25, -0.2) is 0 Å². The van der Waals surface area contributed by atoms with Gasteiger partial charge in [0.15, 0.2) is 0 Å². The van der Waals surface area contributed by atoms with Crippen LogP contribution >= 0.6 is 0 Å². The third-order valence-electron chi connectivity index (χ3n) is 3.03. The topological polar surface area (TPSA) is 44.1 Å². The number of hydrogen-bond acceptors (Lipinski definition) is 2. The zero-order chi connectivity index (χ0) is 13.5. The van der Waals surface area contributed by atoms with Gasteiger partial charge in [-0.2, -0.15) is 5.26 Å². The third kappa shape index (κ3) is 3.89. The zero-order valence-corrected chi connectivity index (χ0v) is 11.4. The summed E-state index contributed by atoms with van der Waals surface area (Å²) in [6, 6.07) is 8.11. The van der Waals surface area contributed by atoms with Gasteiger partial charge in [0.25, 0.3) is 0 Å². The summed E-state index contributed by atoms with van der Waals surface area (Å²) >= 11 is 0. The summed E-state index contributed by atoms with van der Waals surface area (Å²) in [5.74, 6) is 0.0293. The second-order valence-electron chi connectivity index (χ2n) is 4.57. The van der Waals surface area contributed by atoms with Crippen molar-refractivity contribution < 1.29 is 4.79 Å². The first-order chi connectivity index (χ1) is 8.58. The number of carbonyl (C=O) groups excluding carboxylic acids is 1. The first-order valence-corrected chi connectivity index (χ1v) is 6.29.